The monoisotopic (exact) mass is 446 g/mol. The fraction of sp³-hybridized carbons (Fsp3) is 0. The number of hydrogen-bond acceptors (Lipinski definition) is 8. The molecule has 0 bridgehead atoms. The Balaban J connectivity index is 1.80. The summed E-state index contributed by atoms with van der Waals surface area (Å²) >= 11 is 0. The molecule has 0 amide bonds. The second-order valence-corrected chi connectivity index (χ2v) is 9.12. The van der Waals surface area contributed by atoms with Crippen molar-refractivity contribution >= 4 is 31.6 Å². The van der Waals surface area contributed by atoms with Gasteiger partial charge >= 0.3 is 0 Å². The van der Waals surface area contributed by atoms with Gasteiger partial charge in [0.1, 0.15) is 31.9 Å². The lowest BCUT2D eigenvalue weighted by Crippen LogP contribution is -2.19. The van der Waals surface area contributed by atoms with Crippen LogP contribution in [0.25, 0.3) is 0 Å². The normalized spacial score (nSPS) is 13.9. The van der Waals surface area contributed by atoms with Gasteiger partial charge in [-0.05, 0) is 24.3 Å². The summed E-state index contributed by atoms with van der Waals surface area (Å²) in [6, 6.07) is 12.0. The summed E-state index contributed by atoms with van der Waals surface area (Å²) in [4.78, 5) is 6.54. The highest BCUT2D eigenvalue weighted by atomic mass is 32.2. The molecule has 10 nitrogen and oxygen atoms in total. The molecular weight excluding hydrogens is 436 g/mol. The maximum Gasteiger partial charge on any atom is 0.298 e. The van der Waals surface area contributed by atoms with Crippen LogP contribution in [0.5, 0.6) is 23.0 Å². The highest BCUT2D eigenvalue weighted by Gasteiger charge is 2.32. The summed E-state index contributed by atoms with van der Waals surface area (Å²) in [6.07, 6.45) is 0. The molecule has 12 heteroatoms. The SMILES string of the molecule is O=S(=O)(O)c1ccc2c(c1S(=O)(=O)O)N=c1cc3c(cc1O2)=Nc1ccccc1O3. The average molecular weight is 446 g/mol. The zero-order valence-electron chi connectivity index (χ0n) is 14.7. The quantitative estimate of drug-likeness (QED) is 0.392. The minimum absolute atomic E-state index is 0.119. The van der Waals surface area contributed by atoms with Crippen molar-refractivity contribution in [3.8, 4) is 23.0 Å². The molecule has 152 valence electrons. The highest BCUT2D eigenvalue weighted by molar-refractivity contribution is 7.89. The first-order valence-electron chi connectivity index (χ1n) is 8.29. The molecule has 0 saturated heterocycles. The van der Waals surface area contributed by atoms with Gasteiger partial charge in [-0.25, -0.2) is 9.98 Å². The summed E-state index contributed by atoms with van der Waals surface area (Å²) in [6.45, 7) is 0. The minimum atomic E-state index is -5.08. The molecule has 0 fully saturated rings. The Bertz CT molecular complexity index is 1600. The summed E-state index contributed by atoms with van der Waals surface area (Å²) in [5.74, 6) is 0.922. The first-order valence-corrected chi connectivity index (χ1v) is 11.2. The van der Waals surface area contributed by atoms with E-state index < -0.39 is 35.7 Å². The highest BCUT2D eigenvalue weighted by Crippen LogP contribution is 2.42. The van der Waals surface area contributed by atoms with Gasteiger partial charge in [0.2, 0.25) is 0 Å². The molecule has 0 atom stereocenters. The molecule has 0 aliphatic carbocycles. The number of benzene rings is 3. The van der Waals surface area contributed by atoms with Crippen molar-refractivity contribution < 1.29 is 35.4 Å². The van der Waals surface area contributed by atoms with Crippen molar-refractivity contribution in [2.24, 2.45) is 9.98 Å². The Hall–Kier alpha value is -3.32. The van der Waals surface area contributed by atoms with Gasteiger partial charge in [-0.1, -0.05) is 12.1 Å². The molecule has 5 rings (SSSR count). The van der Waals surface area contributed by atoms with Crippen LogP contribution in [0, 0.1) is 0 Å². The second kappa shape index (κ2) is 6.09. The zero-order chi connectivity index (χ0) is 21.3. The first-order chi connectivity index (χ1) is 14.1. The summed E-state index contributed by atoms with van der Waals surface area (Å²) in [7, 11) is -10.1. The topological polar surface area (TPSA) is 152 Å². The van der Waals surface area contributed by atoms with Crippen LogP contribution in [0.4, 0.5) is 11.4 Å². The van der Waals surface area contributed by atoms with Gasteiger partial charge < -0.3 is 9.47 Å². The maximum absolute atomic E-state index is 11.9. The van der Waals surface area contributed by atoms with Crippen molar-refractivity contribution in [1.82, 2.24) is 0 Å². The smallest absolute Gasteiger partial charge is 0.298 e. The van der Waals surface area contributed by atoms with E-state index in [2.05, 4.69) is 9.98 Å². The van der Waals surface area contributed by atoms with E-state index in [9.17, 15) is 25.9 Å². The lowest BCUT2D eigenvalue weighted by molar-refractivity contribution is 0.445. The first kappa shape index (κ1) is 18.7. The number of para-hydroxylation sites is 2. The average Bonchev–Trinajstić information content (AvgIpc) is 2.66. The molecule has 3 aromatic carbocycles. The molecular formula is C18H10N2O8S2. The van der Waals surface area contributed by atoms with Gasteiger partial charge in [-0.3, -0.25) is 9.11 Å². The van der Waals surface area contributed by atoms with E-state index in [1.165, 1.54) is 12.1 Å². The van der Waals surface area contributed by atoms with Crippen molar-refractivity contribution in [3.05, 3.63) is 59.2 Å². The molecule has 2 heterocycles. The predicted octanol–water partition coefficient (Wildman–Crippen LogP) is 2.29. The van der Waals surface area contributed by atoms with Gasteiger partial charge in [0.05, 0.1) is 0 Å². The summed E-state index contributed by atoms with van der Waals surface area (Å²) < 4.78 is 77.4. The third-order valence-electron chi connectivity index (χ3n) is 4.41. The van der Waals surface area contributed by atoms with Crippen LogP contribution >= 0.6 is 0 Å². The lowest BCUT2D eigenvalue weighted by Gasteiger charge is -2.19. The van der Waals surface area contributed by atoms with E-state index in [0.29, 0.717) is 22.5 Å². The lowest BCUT2D eigenvalue weighted by atomic mass is 10.2. The molecule has 2 aliphatic rings. The molecule has 0 saturated carbocycles. The minimum Gasteiger partial charge on any atom is -0.453 e. The van der Waals surface area contributed by atoms with E-state index in [1.54, 1.807) is 24.3 Å². The van der Waals surface area contributed by atoms with Crippen LogP contribution in [-0.2, 0) is 20.2 Å². The van der Waals surface area contributed by atoms with Gasteiger partial charge in [0.15, 0.2) is 23.0 Å². The third-order valence-corrected chi connectivity index (χ3v) is 6.37. The molecule has 0 spiro atoms. The van der Waals surface area contributed by atoms with Crippen LogP contribution in [-0.4, -0.2) is 25.9 Å². The van der Waals surface area contributed by atoms with E-state index in [-0.39, 0.29) is 16.9 Å². The Labute approximate surface area is 169 Å². The number of fused-ring (bicyclic) bond motifs is 4. The Morgan fingerprint density at radius 2 is 1.33 bits per heavy atom. The van der Waals surface area contributed by atoms with Gasteiger partial charge in [-0.15, -0.1) is 0 Å². The molecule has 30 heavy (non-hydrogen) atoms. The molecule has 0 radical (unpaired) electrons. The molecule has 2 N–H and O–H groups in total. The van der Waals surface area contributed by atoms with Crippen molar-refractivity contribution in [2.45, 2.75) is 9.79 Å². The Morgan fingerprint density at radius 3 is 2.00 bits per heavy atom. The molecule has 3 aromatic rings. The number of ether oxygens (including phenoxy) is 2. The van der Waals surface area contributed by atoms with Gasteiger partial charge in [0.25, 0.3) is 20.2 Å². The van der Waals surface area contributed by atoms with Crippen LogP contribution in [0.1, 0.15) is 0 Å². The van der Waals surface area contributed by atoms with E-state index >= 15 is 0 Å². The second-order valence-electron chi connectivity index (χ2n) is 6.37. The van der Waals surface area contributed by atoms with Crippen molar-refractivity contribution in [3.63, 3.8) is 0 Å². The van der Waals surface area contributed by atoms with Crippen LogP contribution in [0.3, 0.4) is 0 Å². The number of hydrogen-bond donors (Lipinski definition) is 2. The Morgan fingerprint density at radius 1 is 0.700 bits per heavy atom. The number of rotatable bonds is 2. The van der Waals surface area contributed by atoms with E-state index in [0.717, 1.165) is 12.1 Å². The van der Waals surface area contributed by atoms with Gasteiger partial charge in [-0.2, -0.15) is 16.8 Å². The summed E-state index contributed by atoms with van der Waals surface area (Å²) in [5.41, 5.74) is 0.151. The van der Waals surface area contributed by atoms with Crippen LogP contribution < -0.4 is 20.2 Å². The predicted molar refractivity (Wildman–Crippen MR) is 101 cm³/mol. The zero-order valence-corrected chi connectivity index (χ0v) is 16.3. The maximum atomic E-state index is 11.9. The standard InChI is InChI=1S/C18H10N2O8S2/c21-29(22,23)16-6-5-13-17(18(16)30(24,25)26)20-11-8-14-10(7-15(11)28-13)19-9-3-1-2-4-12(9)27-14/h1-8H,(H,21,22,23)(H,24,25,26). The van der Waals surface area contributed by atoms with Crippen LogP contribution in [0.15, 0.2) is 68.3 Å². The molecule has 0 aromatic heterocycles. The molecule has 2 aliphatic heterocycles. The summed E-state index contributed by atoms with van der Waals surface area (Å²) in [5, 5.41) is 0.573. The fourth-order valence-electron chi connectivity index (χ4n) is 3.17. The molecule has 0 unspecified atom stereocenters. The van der Waals surface area contributed by atoms with Crippen LogP contribution in [0.2, 0.25) is 0 Å². The largest absolute Gasteiger partial charge is 0.453 e. The van der Waals surface area contributed by atoms with Gasteiger partial charge in [0, 0.05) is 12.1 Å². The van der Waals surface area contributed by atoms with Crippen molar-refractivity contribution in [1.29, 1.82) is 0 Å². The fourth-order valence-corrected chi connectivity index (χ4v) is 5.09. The Kier molecular flexibility index (Phi) is 3.79. The third kappa shape index (κ3) is 2.93. The van der Waals surface area contributed by atoms with E-state index in [4.69, 9.17) is 9.47 Å². The van der Waals surface area contributed by atoms with Crippen molar-refractivity contribution in [2.75, 3.05) is 0 Å². The number of nitrogens with zero attached hydrogens (tertiary/aromatic N) is 2. The van der Waals surface area contributed by atoms with E-state index in [1.807, 2.05) is 0 Å².